The van der Waals surface area contributed by atoms with Crippen molar-refractivity contribution in [2.75, 3.05) is 0 Å². The molecule has 0 radical (unpaired) electrons. The Hall–Kier alpha value is -1.46. The molecule has 0 fully saturated rings. The van der Waals surface area contributed by atoms with Crippen molar-refractivity contribution >= 4 is 34.8 Å². The van der Waals surface area contributed by atoms with Crippen LogP contribution in [0, 0.1) is 18.3 Å². The molecular weight excluding hydrogens is 336 g/mol. The number of thiophene rings is 2. The van der Waals surface area contributed by atoms with Crippen LogP contribution in [0.1, 0.15) is 57.7 Å². The third-order valence-electron chi connectivity index (χ3n) is 4.74. The minimum absolute atomic E-state index is 0.0914. The molecule has 1 amide bonds. The number of nitrogens with one attached hydrogen (secondary N) is 1. The zero-order chi connectivity index (χ0) is 17.3. The number of hydrazone groups is 1. The highest BCUT2D eigenvalue weighted by molar-refractivity contribution is 7.13. The summed E-state index contributed by atoms with van der Waals surface area (Å²) in [5.41, 5.74) is 5.05. The van der Waals surface area contributed by atoms with Crippen molar-refractivity contribution in [3.05, 3.63) is 43.3 Å². The molecule has 0 saturated carbocycles. The maximum absolute atomic E-state index is 12.4. The molecule has 3 rings (SSSR count). The average molecular weight is 361 g/mol. The van der Waals surface area contributed by atoms with Gasteiger partial charge >= 0.3 is 0 Å². The highest BCUT2D eigenvalue weighted by Crippen LogP contribution is 2.40. The van der Waals surface area contributed by atoms with Crippen molar-refractivity contribution in [1.29, 1.82) is 0 Å². The Morgan fingerprint density at radius 3 is 2.83 bits per heavy atom. The Bertz CT molecular complexity index is 765. The Morgan fingerprint density at radius 1 is 1.38 bits per heavy atom. The number of carbonyl (C=O) groups excluding carboxylic acids is 1. The first-order valence-corrected chi connectivity index (χ1v) is 10.0. The molecule has 0 spiro atoms. The SMILES string of the molecule is Cc1ccc(/C=N/NC(=O)c2csc3c2CC[C@@H](C(C)(C)C)C3)s1. The van der Waals surface area contributed by atoms with Crippen LogP contribution in [0.5, 0.6) is 0 Å². The van der Waals surface area contributed by atoms with Crippen molar-refractivity contribution in [1.82, 2.24) is 5.43 Å². The molecule has 0 saturated heterocycles. The van der Waals surface area contributed by atoms with E-state index in [2.05, 4.69) is 44.3 Å². The van der Waals surface area contributed by atoms with Crippen LogP contribution in [0.2, 0.25) is 0 Å². The highest BCUT2D eigenvalue weighted by atomic mass is 32.1. The van der Waals surface area contributed by atoms with Gasteiger partial charge in [-0.25, -0.2) is 5.43 Å². The van der Waals surface area contributed by atoms with Gasteiger partial charge < -0.3 is 0 Å². The number of nitrogens with zero attached hydrogens (tertiary/aromatic N) is 1. The predicted octanol–water partition coefficient (Wildman–Crippen LogP) is 5.03. The van der Waals surface area contributed by atoms with Crippen LogP contribution in [-0.4, -0.2) is 12.1 Å². The van der Waals surface area contributed by atoms with Crippen molar-refractivity contribution in [3.63, 3.8) is 0 Å². The van der Waals surface area contributed by atoms with Gasteiger partial charge in [0.2, 0.25) is 0 Å². The van der Waals surface area contributed by atoms with Gasteiger partial charge in [0.05, 0.1) is 11.8 Å². The zero-order valence-electron chi connectivity index (χ0n) is 14.7. The molecule has 3 nitrogen and oxygen atoms in total. The van der Waals surface area contributed by atoms with E-state index < -0.39 is 0 Å². The average Bonchev–Trinajstić information content (AvgIpc) is 3.11. The van der Waals surface area contributed by atoms with Gasteiger partial charge in [0, 0.05) is 20.0 Å². The topological polar surface area (TPSA) is 41.5 Å². The van der Waals surface area contributed by atoms with E-state index in [4.69, 9.17) is 0 Å². The van der Waals surface area contributed by atoms with Crippen LogP contribution >= 0.6 is 22.7 Å². The summed E-state index contributed by atoms with van der Waals surface area (Å²) in [6.07, 6.45) is 4.96. The lowest BCUT2D eigenvalue weighted by Gasteiger charge is -2.33. The van der Waals surface area contributed by atoms with Gasteiger partial charge in [-0.1, -0.05) is 20.8 Å². The summed E-state index contributed by atoms with van der Waals surface area (Å²) in [6, 6.07) is 4.06. The minimum Gasteiger partial charge on any atom is -0.267 e. The lowest BCUT2D eigenvalue weighted by Crippen LogP contribution is -2.27. The van der Waals surface area contributed by atoms with E-state index in [0.717, 1.165) is 29.7 Å². The Kier molecular flexibility index (Phi) is 4.92. The Labute approximate surface area is 151 Å². The molecule has 2 heterocycles. The molecule has 0 aliphatic heterocycles. The second kappa shape index (κ2) is 6.81. The molecule has 0 bridgehead atoms. The van der Waals surface area contributed by atoms with Gasteiger partial charge in [0.1, 0.15) is 0 Å². The molecular formula is C19H24N2OS2. The Balaban J connectivity index is 1.67. The fourth-order valence-corrected chi connectivity index (χ4v) is 5.09. The van der Waals surface area contributed by atoms with Gasteiger partial charge in [0.15, 0.2) is 0 Å². The van der Waals surface area contributed by atoms with E-state index in [1.165, 1.54) is 15.3 Å². The molecule has 2 aromatic rings. The van der Waals surface area contributed by atoms with Gasteiger partial charge in [0.25, 0.3) is 5.91 Å². The first-order valence-electron chi connectivity index (χ1n) is 8.33. The summed E-state index contributed by atoms with van der Waals surface area (Å²) in [5.74, 6) is 0.603. The van der Waals surface area contributed by atoms with Crippen molar-refractivity contribution in [3.8, 4) is 0 Å². The largest absolute Gasteiger partial charge is 0.272 e. The van der Waals surface area contributed by atoms with Crippen molar-refractivity contribution in [2.45, 2.75) is 47.0 Å². The normalized spacial score (nSPS) is 17.9. The van der Waals surface area contributed by atoms with E-state index in [9.17, 15) is 4.79 Å². The molecule has 1 aliphatic carbocycles. The third-order valence-corrected chi connectivity index (χ3v) is 6.73. The number of carbonyl (C=O) groups is 1. The smallest absolute Gasteiger partial charge is 0.267 e. The minimum atomic E-state index is -0.0914. The van der Waals surface area contributed by atoms with Crippen LogP contribution in [0.15, 0.2) is 22.6 Å². The zero-order valence-corrected chi connectivity index (χ0v) is 16.3. The maximum atomic E-state index is 12.4. The van der Waals surface area contributed by atoms with E-state index in [0.29, 0.717) is 11.3 Å². The van der Waals surface area contributed by atoms with Gasteiger partial charge in [-0.15, -0.1) is 22.7 Å². The van der Waals surface area contributed by atoms with E-state index in [-0.39, 0.29) is 5.91 Å². The van der Waals surface area contributed by atoms with Crippen LogP contribution in [-0.2, 0) is 12.8 Å². The molecule has 0 aromatic carbocycles. The van der Waals surface area contributed by atoms with Gasteiger partial charge in [-0.2, -0.15) is 5.10 Å². The summed E-state index contributed by atoms with van der Waals surface area (Å²) in [5, 5.41) is 6.10. The number of rotatable bonds is 3. The highest BCUT2D eigenvalue weighted by Gasteiger charge is 2.31. The molecule has 1 aliphatic rings. The summed E-state index contributed by atoms with van der Waals surface area (Å²) < 4.78 is 0. The molecule has 1 atom stereocenters. The number of hydrogen-bond acceptors (Lipinski definition) is 4. The molecule has 128 valence electrons. The molecule has 5 heteroatoms. The van der Waals surface area contributed by atoms with E-state index >= 15 is 0 Å². The van der Waals surface area contributed by atoms with E-state index in [1.807, 2.05) is 11.4 Å². The molecule has 1 N–H and O–H groups in total. The number of hydrogen-bond donors (Lipinski definition) is 1. The maximum Gasteiger partial charge on any atom is 0.272 e. The van der Waals surface area contributed by atoms with E-state index in [1.54, 1.807) is 28.9 Å². The van der Waals surface area contributed by atoms with Crippen LogP contribution < -0.4 is 5.43 Å². The standard InChI is InChI=1S/C19H24N2OS2/c1-12-5-7-14(24-12)10-20-21-18(22)16-11-23-17-9-13(19(2,3)4)6-8-15(16)17/h5,7,10-11,13H,6,8-9H2,1-4H3,(H,21,22)/b20-10+/t13-/m1/s1. The second-order valence-corrected chi connectivity index (χ2v) is 9.79. The third kappa shape index (κ3) is 3.78. The van der Waals surface area contributed by atoms with Crippen LogP contribution in [0.4, 0.5) is 0 Å². The first kappa shape index (κ1) is 17.4. The first-order chi connectivity index (χ1) is 11.3. The quantitative estimate of drug-likeness (QED) is 0.605. The number of fused-ring (bicyclic) bond motifs is 1. The fraction of sp³-hybridized carbons (Fsp3) is 0.474. The van der Waals surface area contributed by atoms with Gasteiger partial charge in [-0.05, 0) is 55.2 Å². The molecule has 24 heavy (non-hydrogen) atoms. The molecule has 0 unspecified atom stereocenters. The summed E-state index contributed by atoms with van der Waals surface area (Å²) in [6.45, 7) is 8.99. The second-order valence-electron chi connectivity index (χ2n) is 7.50. The molecule has 2 aromatic heterocycles. The van der Waals surface area contributed by atoms with Gasteiger partial charge in [-0.3, -0.25) is 4.79 Å². The lowest BCUT2D eigenvalue weighted by molar-refractivity contribution is 0.0954. The monoisotopic (exact) mass is 360 g/mol. The summed E-state index contributed by atoms with van der Waals surface area (Å²) in [7, 11) is 0. The summed E-state index contributed by atoms with van der Waals surface area (Å²) in [4.78, 5) is 16.1. The number of amides is 1. The summed E-state index contributed by atoms with van der Waals surface area (Å²) >= 11 is 3.39. The lowest BCUT2D eigenvalue weighted by atomic mass is 9.72. The van der Waals surface area contributed by atoms with Crippen molar-refractivity contribution < 1.29 is 4.79 Å². The van der Waals surface area contributed by atoms with Crippen molar-refractivity contribution in [2.24, 2.45) is 16.4 Å². The van der Waals surface area contributed by atoms with Crippen LogP contribution in [0.3, 0.4) is 0 Å². The van der Waals surface area contributed by atoms with Crippen LogP contribution in [0.25, 0.3) is 0 Å². The fourth-order valence-electron chi connectivity index (χ4n) is 3.18. The predicted molar refractivity (Wildman–Crippen MR) is 103 cm³/mol. The number of aryl methyl sites for hydroxylation is 1. The Morgan fingerprint density at radius 2 is 2.17 bits per heavy atom.